The van der Waals surface area contributed by atoms with Crippen molar-refractivity contribution in [2.75, 3.05) is 18.1 Å². The molecule has 0 bridgehead atoms. The Kier molecular flexibility index (Phi) is 10.3. The molecule has 236 valence electrons. The molecule has 0 saturated carbocycles. The van der Waals surface area contributed by atoms with E-state index in [1.165, 1.54) is 15.9 Å². The Bertz CT molecular complexity index is 1920. The summed E-state index contributed by atoms with van der Waals surface area (Å²) >= 11 is 3.47. The molecule has 5 nitrogen and oxygen atoms in total. The van der Waals surface area contributed by atoms with Crippen LogP contribution in [0.3, 0.4) is 0 Å². The molecular formula is C40H37BrN2O3P+. The molecule has 1 amide bonds. The number of hydrogen-bond acceptors (Lipinski definition) is 3. The molecular weight excluding hydrogens is 667 g/mol. The zero-order chi connectivity index (χ0) is 32.6. The van der Waals surface area contributed by atoms with Crippen molar-refractivity contribution in [1.29, 1.82) is 0 Å². The van der Waals surface area contributed by atoms with Crippen LogP contribution < -0.4 is 31.5 Å². The summed E-state index contributed by atoms with van der Waals surface area (Å²) in [6.45, 7) is 0.599. The summed E-state index contributed by atoms with van der Waals surface area (Å²) in [5, 5.41) is 7.87. The fraction of sp³-hybridized carbons (Fsp3) is 0.150. The fourth-order valence-electron chi connectivity index (χ4n) is 6.14. The molecule has 1 N–H and O–H groups in total. The van der Waals surface area contributed by atoms with Crippen LogP contribution in [0.25, 0.3) is 10.9 Å². The standard InChI is InChI=1S/C40H36BrN2O3P/c1-43-38-25-22-32(41)28-31(38)29-37(40(43)45)42-39(44)30-20-23-33(24-21-30)46-26-12-5-13-27-47(34-14-6-2-7-15-34,35-16-8-3-9-17-35)36-18-10-4-11-19-36/h2-4,6-11,14-25,28-29H,5,12-13,26-27H2,1H3/p+1. The van der Waals surface area contributed by atoms with Crippen LogP contribution in [0.15, 0.2) is 149 Å². The van der Waals surface area contributed by atoms with E-state index in [4.69, 9.17) is 4.74 Å². The number of rotatable bonds is 12. The van der Waals surface area contributed by atoms with Gasteiger partial charge < -0.3 is 14.6 Å². The van der Waals surface area contributed by atoms with Crippen LogP contribution in [0, 0.1) is 0 Å². The van der Waals surface area contributed by atoms with Gasteiger partial charge in [0.15, 0.2) is 0 Å². The largest absolute Gasteiger partial charge is 0.494 e. The van der Waals surface area contributed by atoms with Crippen molar-refractivity contribution < 1.29 is 9.53 Å². The molecule has 1 aromatic heterocycles. The van der Waals surface area contributed by atoms with Crippen molar-refractivity contribution in [1.82, 2.24) is 4.57 Å². The molecule has 0 fully saturated rings. The van der Waals surface area contributed by atoms with Gasteiger partial charge in [-0.25, -0.2) is 0 Å². The molecule has 47 heavy (non-hydrogen) atoms. The SMILES string of the molecule is Cn1c(=O)c(NC(=O)c2ccc(OCCCCC[P+](c3ccccc3)(c3ccccc3)c3ccccc3)cc2)cc2cc(Br)ccc21. The molecule has 0 aliphatic carbocycles. The average Bonchev–Trinajstić information content (AvgIpc) is 3.11. The number of aromatic nitrogens is 1. The molecule has 0 unspecified atom stereocenters. The van der Waals surface area contributed by atoms with Gasteiger partial charge in [0, 0.05) is 22.5 Å². The Labute approximate surface area is 284 Å². The molecule has 0 spiro atoms. The highest BCUT2D eigenvalue weighted by molar-refractivity contribution is 9.10. The lowest BCUT2D eigenvalue weighted by molar-refractivity contribution is 0.102. The number of carbonyl (C=O) groups is 1. The first-order valence-electron chi connectivity index (χ1n) is 15.8. The first-order chi connectivity index (χ1) is 23.0. The van der Waals surface area contributed by atoms with E-state index in [0.29, 0.717) is 17.9 Å². The molecule has 0 aliphatic heterocycles. The van der Waals surface area contributed by atoms with Crippen LogP contribution in [0.2, 0.25) is 0 Å². The van der Waals surface area contributed by atoms with Crippen LogP contribution in [0.4, 0.5) is 5.69 Å². The number of aryl methyl sites for hydroxylation is 1. The quantitative estimate of drug-likeness (QED) is 0.104. The maximum Gasteiger partial charge on any atom is 0.274 e. The summed E-state index contributed by atoms with van der Waals surface area (Å²) in [7, 11) is -0.120. The number of pyridine rings is 1. The first kappa shape index (κ1) is 32.4. The topological polar surface area (TPSA) is 60.3 Å². The van der Waals surface area contributed by atoms with Gasteiger partial charge in [-0.15, -0.1) is 0 Å². The van der Waals surface area contributed by atoms with Crippen LogP contribution in [0.5, 0.6) is 5.75 Å². The van der Waals surface area contributed by atoms with E-state index in [-0.39, 0.29) is 17.2 Å². The minimum Gasteiger partial charge on any atom is -0.494 e. The zero-order valence-electron chi connectivity index (χ0n) is 26.3. The third-order valence-electron chi connectivity index (χ3n) is 8.55. The number of anilines is 1. The lowest BCUT2D eigenvalue weighted by atomic mass is 10.1. The molecule has 0 atom stereocenters. The summed E-state index contributed by atoms with van der Waals surface area (Å²) in [6.07, 6.45) is 4.15. The normalized spacial score (nSPS) is 11.4. The van der Waals surface area contributed by atoms with E-state index >= 15 is 0 Å². The van der Waals surface area contributed by atoms with E-state index < -0.39 is 7.26 Å². The number of ether oxygens (including phenoxy) is 1. The third kappa shape index (κ3) is 7.25. The number of carbonyl (C=O) groups excluding carboxylic acids is 1. The molecule has 0 radical (unpaired) electrons. The van der Waals surface area contributed by atoms with E-state index in [0.717, 1.165) is 40.8 Å². The summed E-state index contributed by atoms with van der Waals surface area (Å²) < 4.78 is 8.50. The van der Waals surface area contributed by atoms with Gasteiger partial charge in [0.05, 0.1) is 18.3 Å². The second-order valence-electron chi connectivity index (χ2n) is 11.6. The number of nitrogens with one attached hydrogen (secondary N) is 1. The van der Waals surface area contributed by atoms with Gasteiger partial charge in [0.1, 0.15) is 34.6 Å². The van der Waals surface area contributed by atoms with Crippen molar-refractivity contribution >= 4 is 61.6 Å². The van der Waals surface area contributed by atoms with Crippen molar-refractivity contribution in [3.63, 3.8) is 0 Å². The van der Waals surface area contributed by atoms with Crippen LogP contribution in [-0.2, 0) is 7.05 Å². The van der Waals surface area contributed by atoms with Gasteiger partial charge in [-0.2, -0.15) is 0 Å². The second-order valence-corrected chi connectivity index (χ2v) is 16.1. The number of nitrogens with zero attached hydrogens (tertiary/aromatic N) is 1. The molecule has 0 aliphatic rings. The Morgan fingerprint density at radius 1 is 0.723 bits per heavy atom. The molecule has 1 heterocycles. The third-order valence-corrected chi connectivity index (χ3v) is 13.6. The van der Waals surface area contributed by atoms with Crippen molar-refractivity contribution in [3.8, 4) is 5.75 Å². The summed E-state index contributed by atoms with van der Waals surface area (Å²) in [6, 6.07) is 47.4. The average molecular weight is 705 g/mol. The molecule has 6 aromatic rings. The van der Waals surface area contributed by atoms with E-state index in [1.54, 1.807) is 41.9 Å². The number of halogens is 1. The predicted molar refractivity (Wildman–Crippen MR) is 201 cm³/mol. The van der Waals surface area contributed by atoms with E-state index in [9.17, 15) is 9.59 Å². The number of unbranched alkanes of at least 4 members (excludes halogenated alkanes) is 2. The van der Waals surface area contributed by atoms with Crippen LogP contribution in [-0.4, -0.2) is 23.2 Å². The van der Waals surface area contributed by atoms with Gasteiger partial charge in [0.2, 0.25) is 0 Å². The van der Waals surface area contributed by atoms with Gasteiger partial charge >= 0.3 is 0 Å². The Hall–Kier alpha value is -4.51. The molecule has 5 aromatic carbocycles. The van der Waals surface area contributed by atoms with Gasteiger partial charge in [-0.3, -0.25) is 9.59 Å². The van der Waals surface area contributed by atoms with Crippen molar-refractivity contribution in [2.24, 2.45) is 7.05 Å². The number of hydrogen-bond donors (Lipinski definition) is 1. The van der Waals surface area contributed by atoms with Crippen LogP contribution in [0.1, 0.15) is 29.6 Å². The van der Waals surface area contributed by atoms with Gasteiger partial charge in [-0.1, -0.05) is 70.5 Å². The highest BCUT2D eigenvalue weighted by atomic mass is 79.9. The number of fused-ring (bicyclic) bond motifs is 1. The minimum atomic E-state index is -1.82. The maximum atomic E-state index is 13.0. The monoisotopic (exact) mass is 703 g/mol. The lowest BCUT2D eigenvalue weighted by Gasteiger charge is -2.27. The predicted octanol–water partition coefficient (Wildman–Crippen LogP) is 8.10. The molecule has 7 heteroatoms. The van der Waals surface area contributed by atoms with E-state index in [2.05, 4.69) is 112 Å². The van der Waals surface area contributed by atoms with Crippen molar-refractivity contribution in [2.45, 2.75) is 19.3 Å². The highest BCUT2D eigenvalue weighted by Crippen LogP contribution is 2.56. The summed E-state index contributed by atoms with van der Waals surface area (Å²) in [5.74, 6) is 0.373. The smallest absolute Gasteiger partial charge is 0.274 e. The highest BCUT2D eigenvalue weighted by Gasteiger charge is 2.44. The Morgan fingerprint density at radius 2 is 1.30 bits per heavy atom. The Balaban J connectivity index is 1.06. The Morgan fingerprint density at radius 3 is 1.87 bits per heavy atom. The zero-order valence-corrected chi connectivity index (χ0v) is 28.8. The fourth-order valence-corrected chi connectivity index (χ4v) is 10.9. The van der Waals surface area contributed by atoms with Gasteiger partial charge in [-0.05, 0) is 104 Å². The number of benzene rings is 5. The lowest BCUT2D eigenvalue weighted by Crippen LogP contribution is -2.33. The maximum absolute atomic E-state index is 13.0. The first-order valence-corrected chi connectivity index (χ1v) is 18.6. The van der Waals surface area contributed by atoms with E-state index in [1.807, 2.05) is 18.2 Å². The number of amides is 1. The molecule has 6 rings (SSSR count). The second kappa shape index (κ2) is 14.9. The summed E-state index contributed by atoms with van der Waals surface area (Å²) in [5.41, 5.74) is 1.23. The van der Waals surface area contributed by atoms with Crippen molar-refractivity contribution in [3.05, 3.63) is 160 Å². The van der Waals surface area contributed by atoms with Crippen LogP contribution >= 0.6 is 23.2 Å². The minimum absolute atomic E-state index is 0.238. The molecule has 0 saturated heterocycles. The van der Waals surface area contributed by atoms with Gasteiger partial charge in [0.25, 0.3) is 11.5 Å². The summed E-state index contributed by atoms with van der Waals surface area (Å²) in [4.78, 5) is 25.9.